The van der Waals surface area contributed by atoms with E-state index in [2.05, 4.69) is 20.5 Å². The van der Waals surface area contributed by atoms with Gasteiger partial charge in [0.25, 0.3) is 5.91 Å². The van der Waals surface area contributed by atoms with Crippen molar-refractivity contribution in [3.8, 4) is 11.1 Å². The molecule has 0 spiro atoms. The number of para-hydroxylation sites is 1. The number of hydrogen-bond donors (Lipinski definition) is 3. The Bertz CT molecular complexity index is 824. The molecule has 1 aromatic carbocycles. The number of carbonyl (C=O) groups excluding carboxylic acids is 1. The van der Waals surface area contributed by atoms with Crippen molar-refractivity contribution in [1.29, 1.82) is 0 Å². The Hall–Kier alpha value is -2.89. The first-order valence-corrected chi connectivity index (χ1v) is 7.05. The predicted molar refractivity (Wildman–Crippen MR) is 86.6 cm³/mol. The molecule has 0 radical (unpaired) electrons. The van der Waals surface area contributed by atoms with Crippen LogP contribution in [0.15, 0.2) is 36.8 Å². The van der Waals surface area contributed by atoms with Crippen molar-refractivity contribution >= 4 is 22.5 Å². The number of benzene rings is 1. The van der Waals surface area contributed by atoms with E-state index in [0.29, 0.717) is 5.56 Å². The van der Waals surface area contributed by atoms with Crippen LogP contribution in [0.5, 0.6) is 0 Å². The largest absolute Gasteiger partial charge is 0.382 e. The highest BCUT2D eigenvalue weighted by molar-refractivity contribution is 6.09. The number of aromatic nitrogens is 3. The van der Waals surface area contributed by atoms with Crippen LogP contribution in [0.3, 0.4) is 0 Å². The number of nitrogens with two attached hydrogens (primary N) is 1. The number of aromatic amines is 1. The normalized spacial score (nSPS) is 11.0. The fourth-order valence-electron chi connectivity index (χ4n) is 2.49. The van der Waals surface area contributed by atoms with Gasteiger partial charge in [0.2, 0.25) is 0 Å². The minimum atomic E-state index is -0.494. The summed E-state index contributed by atoms with van der Waals surface area (Å²) in [5.41, 5.74) is 9.29. The summed E-state index contributed by atoms with van der Waals surface area (Å²) >= 11 is 0. The SMILES string of the molecule is CC(C)Nc1c(C(N)=O)cnc2c(-c3cn[nH]c3)cccc12. The Morgan fingerprint density at radius 3 is 2.77 bits per heavy atom. The Kier molecular flexibility index (Phi) is 3.50. The molecule has 0 bridgehead atoms. The van der Waals surface area contributed by atoms with Crippen LogP contribution in [-0.4, -0.2) is 27.1 Å². The first-order chi connectivity index (χ1) is 10.6. The van der Waals surface area contributed by atoms with E-state index >= 15 is 0 Å². The van der Waals surface area contributed by atoms with Gasteiger partial charge in [-0.3, -0.25) is 14.9 Å². The first kappa shape index (κ1) is 14.1. The summed E-state index contributed by atoms with van der Waals surface area (Å²) in [6.45, 7) is 4.02. The molecule has 0 fully saturated rings. The summed E-state index contributed by atoms with van der Waals surface area (Å²) in [5, 5.41) is 11.0. The zero-order valence-electron chi connectivity index (χ0n) is 12.4. The second-order valence-electron chi connectivity index (χ2n) is 5.40. The van der Waals surface area contributed by atoms with E-state index in [-0.39, 0.29) is 6.04 Å². The summed E-state index contributed by atoms with van der Waals surface area (Å²) in [4.78, 5) is 16.1. The van der Waals surface area contributed by atoms with Gasteiger partial charge in [0.05, 0.1) is 23.0 Å². The van der Waals surface area contributed by atoms with Crippen LogP contribution in [0, 0.1) is 0 Å². The van der Waals surface area contributed by atoms with Crippen molar-refractivity contribution in [1.82, 2.24) is 15.2 Å². The molecule has 0 unspecified atom stereocenters. The molecule has 22 heavy (non-hydrogen) atoms. The molecule has 2 heterocycles. The van der Waals surface area contributed by atoms with Crippen molar-refractivity contribution in [3.63, 3.8) is 0 Å². The highest BCUT2D eigenvalue weighted by atomic mass is 16.1. The number of hydrogen-bond acceptors (Lipinski definition) is 4. The maximum absolute atomic E-state index is 11.7. The van der Waals surface area contributed by atoms with Crippen LogP contribution in [0.4, 0.5) is 5.69 Å². The number of anilines is 1. The van der Waals surface area contributed by atoms with E-state index in [1.54, 1.807) is 6.20 Å². The fourth-order valence-corrected chi connectivity index (χ4v) is 2.49. The van der Waals surface area contributed by atoms with Gasteiger partial charge in [0.15, 0.2) is 0 Å². The lowest BCUT2D eigenvalue weighted by Gasteiger charge is -2.16. The lowest BCUT2D eigenvalue weighted by Crippen LogP contribution is -2.18. The standard InChI is InChI=1S/C16H17N5O/c1-9(2)21-15-12-5-3-4-11(10-6-19-20-7-10)14(12)18-8-13(15)16(17)22/h3-9H,1-2H3,(H2,17,22)(H,18,21)(H,19,20). The molecule has 0 saturated heterocycles. The molecule has 0 aliphatic carbocycles. The summed E-state index contributed by atoms with van der Waals surface area (Å²) in [6.07, 6.45) is 5.08. The molecule has 0 aliphatic heterocycles. The minimum absolute atomic E-state index is 0.168. The Morgan fingerprint density at radius 2 is 2.14 bits per heavy atom. The third-order valence-corrected chi connectivity index (χ3v) is 3.41. The van der Waals surface area contributed by atoms with Crippen LogP contribution in [0.1, 0.15) is 24.2 Å². The Labute approximate surface area is 127 Å². The van der Waals surface area contributed by atoms with Gasteiger partial charge in [0.1, 0.15) is 0 Å². The maximum Gasteiger partial charge on any atom is 0.252 e. The monoisotopic (exact) mass is 295 g/mol. The molecule has 0 atom stereocenters. The second-order valence-corrected chi connectivity index (χ2v) is 5.40. The van der Waals surface area contributed by atoms with Crippen LogP contribution in [-0.2, 0) is 0 Å². The van der Waals surface area contributed by atoms with Gasteiger partial charge in [-0.1, -0.05) is 18.2 Å². The number of nitrogens with one attached hydrogen (secondary N) is 2. The summed E-state index contributed by atoms with van der Waals surface area (Å²) in [7, 11) is 0. The summed E-state index contributed by atoms with van der Waals surface area (Å²) in [6, 6.07) is 6.01. The molecule has 0 saturated carbocycles. The van der Waals surface area contributed by atoms with Gasteiger partial charge in [-0.15, -0.1) is 0 Å². The van der Waals surface area contributed by atoms with Gasteiger partial charge in [-0.05, 0) is 13.8 Å². The zero-order valence-corrected chi connectivity index (χ0v) is 12.4. The Balaban J connectivity index is 2.30. The van der Waals surface area contributed by atoms with Crippen molar-refractivity contribution in [2.45, 2.75) is 19.9 Å². The van der Waals surface area contributed by atoms with E-state index in [0.717, 1.165) is 27.7 Å². The second kappa shape index (κ2) is 5.48. The van der Waals surface area contributed by atoms with Gasteiger partial charge < -0.3 is 11.1 Å². The number of amides is 1. The number of rotatable bonds is 4. The van der Waals surface area contributed by atoms with Gasteiger partial charge in [-0.2, -0.15) is 5.10 Å². The molecule has 1 amide bonds. The zero-order chi connectivity index (χ0) is 15.7. The molecule has 6 nitrogen and oxygen atoms in total. The van der Waals surface area contributed by atoms with Gasteiger partial charge in [0, 0.05) is 34.9 Å². The van der Waals surface area contributed by atoms with Crippen LogP contribution >= 0.6 is 0 Å². The maximum atomic E-state index is 11.7. The lowest BCUT2D eigenvalue weighted by atomic mass is 10.0. The summed E-state index contributed by atoms with van der Waals surface area (Å²) in [5.74, 6) is -0.494. The number of H-pyrrole nitrogens is 1. The van der Waals surface area contributed by atoms with Crippen LogP contribution in [0.2, 0.25) is 0 Å². The topological polar surface area (TPSA) is 96.7 Å². The van der Waals surface area contributed by atoms with Crippen molar-refractivity contribution < 1.29 is 4.79 Å². The van der Waals surface area contributed by atoms with Gasteiger partial charge >= 0.3 is 0 Å². The van der Waals surface area contributed by atoms with Crippen molar-refractivity contribution in [3.05, 3.63) is 42.4 Å². The van der Waals surface area contributed by atoms with Crippen molar-refractivity contribution in [2.24, 2.45) is 5.73 Å². The number of pyridine rings is 1. The van der Waals surface area contributed by atoms with E-state index in [4.69, 9.17) is 5.73 Å². The molecular weight excluding hydrogens is 278 g/mol. The molecule has 112 valence electrons. The van der Waals surface area contributed by atoms with E-state index in [1.165, 1.54) is 6.20 Å². The van der Waals surface area contributed by atoms with Crippen LogP contribution in [0.25, 0.3) is 22.0 Å². The number of primary amides is 1. The smallest absolute Gasteiger partial charge is 0.252 e. The molecule has 3 rings (SSSR count). The third kappa shape index (κ3) is 2.39. The number of nitrogens with zero attached hydrogens (tertiary/aromatic N) is 2. The van der Waals surface area contributed by atoms with Crippen molar-refractivity contribution in [2.75, 3.05) is 5.32 Å². The average molecular weight is 295 g/mol. The van der Waals surface area contributed by atoms with Crippen LogP contribution < -0.4 is 11.1 Å². The molecular formula is C16H17N5O. The highest BCUT2D eigenvalue weighted by Gasteiger charge is 2.16. The molecule has 0 aliphatic rings. The molecule has 2 aromatic heterocycles. The third-order valence-electron chi connectivity index (χ3n) is 3.41. The fraction of sp³-hybridized carbons (Fsp3) is 0.188. The molecule has 3 aromatic rings. The predicted octanol–water partition coefficient (Wildman–Crippen LogP) is 2.54. The van der Waals surface area contributed by atoms with Gasteiger partial charge in [-0.25, -0.2) is 0 Å². The van der Waals surface area contributed by atoms with E-state index in [1.807, 2.05) is 38.2 Å². The average Bonchev–Trinajstić information content (AvgIpc) is 3.00. The quantitative estimate of drug-likeness (QED) is 0.689. The molecule has 4 N–H and O–H groups in total. The summed E-state index contributed by atoms with van der Waals surface area (Å²) < 4.78 is 0. The van der Waals surface area contributed by atoms with E-state index < -0.39 is 5.91 Å². The number of carbonyl (C=O) groups is 1. The van der Waals surface area contributed by atoms with E-state index in [9.17, 15) is 4.79 Å². The Morgan fingerprint density at radius 1 is 1.32 bits per heavy atom. The highest BCUT2D eigenvalue weighted by Crippen LogP contribution is 2.32. The molecule has 6 heteroatoms. The lowest BCUT2D eigenvalue weighted by molar-refractivity contribution is 0.100. The first-order valence-electron chi connectivity index (χ1n) is 7.05. The number of fused-ring (bicyclic) bond motifs is 1. The minimum Gasteiger partial charge on any atom is -0.382 e.